The van der Waals surface area contributed by atoms with Gasteiger partial charge in [0.25, 0.3) is 0 Å². The van der Waals surface area contributed by atoms with Crippen LogP contribution in [0.1, 0.15) is 210 Å². The van der Waals surface area contributed by atoms with Crippen LogP contribution in [-0.4, -0.2) is 12.7 Å². The summed E-state index contributed by atoms with van der Waals surface area (Å²) < 4.78 is 5.57. The molecule has 0 aliphatic rings. The molecule has 0 radical (unpaired) electrons. The Hall–Kier alpha value is -0.0400. The summed E-state index contributed by atoms with van der Waals surface area (Å²) in [5, 5.41) is 0. The predicted octanol–water partition coefficient (Wildman–Crippen LogP) is 14.5. The van der Waals surface area contributed by atoms with E-state index < -0.39 is 0 Å². The predicted molar refractivity (Wildman–Crippen MR) is 192 cm³/mol. The molecule has 0 fully saturated rings. The Labute approximate surface area is 268 Å². The standard InChI is InChI=1S/C41H84O/c1-34(2)20-14-23-37(5)26-17-29-38(6)27-15-24-35(3)21-12-13-22-36(4)25-16-28-39(7)30-18-31-40(8)32-19-33-41(9,10)42-11/h34-40H,12-33H2,1-11H3/t35-,36?,37?,38-,39?,40?/m1/s1. The molecule has 42 heavy (non-hydrogen) atoms. The molecule has 6 atom stereocenters. The highest BCUT2D eigenvalue weighted by Gasteiger charge is 2.16. The fraction of sp³-hybridized carbons (Fsp3) is 1.00. The summed E-state index contributed by atoms with van der Waals surface area (Å²) in [5.41, 5.74) is 0.0489. The van der Waals surface area contributed by atoms with Gasteiger partial charge >= 0.3 is 0 Å². The summed E-state index contributed by atoms with van der Waals surface area (Å²) in [7, 11) is 1.84. The lowest BCUT2D eigenvalue weighted by Crippen LogP contribution is -2.22. The maximum atomic E-state index is 5.57. The van der Waals surface area contributed by atoms with Crippen molar-refractivity contribution in [3.63, 3.8) is 0 Å². The summed E-state index contributed by atoms with van der Waals surface area (Å²) >= 11 is 0. The molecule has 254 valence electrons. The van der Waals surface area contributed by atoms with Gasteiger partial charge in [-0.2, -0.15) is 0 Å². The van der Waals surface area contributed by atoms with Crippen molar-refractivity contribution in [2.75, 3.05) is 7.11 Å². The lowest BCUT2D eigenvalue weighted by Gasteiger charge is -2.23. The molecule has 0 saturated heterocycles. The van der Waals surface area contributed by atoms with Gasteiger partial charge in [0.1, 0.15) is 0 Å². The first-order chi connectivity index (χ1) is 19.8. The molecule has 0 spiro atoms. The van der Waals surface area contributed by atoms with E-state index in [4.69, 9.17) is 4.74 Å². The molecule has 0 aromatic rings. The van der Waals surface area contributed by atoms with Crippen molar-refractivity contribution < 1.29 is 4.74 Å². The lowest BCUT2D eigenvalue weighted by atomic mass is 9.89. The molecular weight excluding hydrogens is 508 g/mol. The van der Waals surface area contributed by atoms with E-state index in [9.17, 15) is 0 Å². The third-order valence-corrected chi connectivity index (χ3v) is 10.7. The van der Waals surface area contributed by atoms with Crippen LogP contribution < -0.4 is 0 Å². The van der Waals surface area contributed by atoms with Gasteiger partial charge < -0.3 is 4.74 Å². The van der Waals surface area contributed by atoms with E-state index in [0.29, 0.717) is 0 Å². The number of rotatable bonds is 30. The van der Waals surface area contributed by atoms with Crippen molar-refractivity contribution >= 4 is 0 Å². The fourth-order valence-corrected chi connectivity index (χ4v) is 6.96. The Morgan fingerprint density at radius 3 is 0.857 bits per heavy atom. The third kappa shape index (κ3) is 27.5. The second-order valence-electron chi connectivity index (χ2n) is 16.8. The molecule has 0 N–H and O–H groups in total. The molecule has 0 amide bonds. The maximum Gasteiger partial charge on any atom is 0.0622 e. The Morgan fingerprint density at radius 1 is 0.357 bits per heavy atom. The van der Waals surface area contributed by atoms with Gasteiger partial charge in [-0.25, -0.2) is 0 Å². The van der Waals surface area contributed by atoms with Gasteiger partial charge in [0.05, 0.1) is 5.60 Å². The minimum absolute atomic E-state index is 0.0489. The normalized spacial score (nSPS) is 16.9. The molecule has 0 aliphatic heterocycles. The van der Waals surface area contributed by atoms with Crippen molar-refractivity contribution in [1.82, 2.24) is 0 Å². The Bertz CT molecular complexity index is 565. The molecule has 0 aromatic heterocycles. The topological polar surface area (TPSA) is 9.23 Å². The number of hydrogen-bond donors (Lipinski definition) is 0. The van der Waals surface area contributed by atoms with Crippen molar-refractivity contribution in [3.05, 3.63) is 0 Å². The van der Waals surface area contributed by atoms with Gasteiger partial charge in [-0.15, -0.1) is 0 Å². The van der Waals surface area contributed by atoms with Crippen LogP contribution in [0.25, 0.3) is 0 Å². The molecule has 0 rings (SSSR count). The van der Waals surface area contributed by atoms with Crippen LogP contribution in [0.2, 0.25) is 0 Å². The maximum absolute atomic E-state index is 5.57. The molecule has 1 heteroatoms. The van der Waals surface area contributed by atoms with E-state index in [1.807, 2.05) is 7.11 Å². The van der Waals surface area contributed by atoms with Crippen molar-refractivity contribution in [3.8, 4) is 0 Å². The highest BCUT2D eigenvalue weighted by atomic mass is 16.5. The highest BCUT2D eigenvalue weighted by molar-refractivity contribution is 4.69. The quantitative estimate of drug-likeness (QED) is 0.0754. The summed E-state index contributed by atoms with van der Waals surface area (Å²) in [5.74, 6) is 6.35. The van der Waals surface area contributed by atoms with E-state index in [1.54, 1.807) is 0 Å². The van der Waals surface area contributed by atoms with Gasteiger partial charge in [0.2, 0.25) is 0 Å². The van der Waals surface area contributed by atoms with Crippen LogP contribution in [0.15, 0.2) is 0 Å². The minimum Gasteiger partial charge on any atom is -0.379 e. The summed E-state index contributed by atoms with van der Waals surface area (Å²) in [6, 6.07) is 0. The SMILES string of the molecule is COC(C)(C)CCCC(C)CCCC(C)CCCC(C)CCCC[C@@H](C)CCC[C@@H](C)CCCC(C)CCCC(C)C. The second kappa shape index (κ2) is 26.2. The average molecular weight is 593 g/mol. The first-order valence-corrected chi connectivity index (χ1v) is 19.4. The van der Waals surface area contributed by atoms with Gasteiger partial charge in [0.15, 0.2) is 0 Å². The van der Waals surface area contributed by atoms with E-state index in [1.165, 1.54) is 141 Å². The summed E-state index contributed by atoms with van der Waals surface area (Å²) in [4.78, 5) is 0. The Balaban J connectivity index is 3.67. The first kappa shape index (κ1) is 42.0. The average Bonchev–Trinajstić information content (AvgIpc) is 2.91. The zero-order valence-corrected chi connectivity index (χ0v) is 31.5. The van der Waals surface area contributed by atoms with Crippen LogP contribution in [0.4, 0.5) is 0 Å². The molecule has 4 unspecified atom stereocenters. The van der Waals surface area contributed by atoms with Crippen LogP contribution in [0, 0.1) is 41.4 Å². The van der Waals surface area contributed by atoms with Crippen molar-refractivity contribution in [1.29, 1.82) is 0 Å². The second-order valence-corrected chi connectivity index (χ2v) is 16.8. The van der Waals surface area contributed by atoms with Crippen LogP contribution in [0.3, 0.4) is 0 Å². The summed E-state index contributed by atoms with van der Waals surface area (Å²) in [6.45, 7) is 24.1. The first-order valence-electron chi connectivity index (χ1n) is 19.4. The Morgan fingerprint density at radius 2 is 0.595 bits per heavy atom. The summed E-state index contributed by atoms with van der Waals surface area (Å²) in [6.07, 6.45) is 31.2. The van der Waals surface area contributed by atoms with Gasteiger partial charge in [-0.05, 0) is 61.7 Å². The zero-order valence-electron chi connectivity index (χ0n) is 31.5. The fourth-order valence-electron chi connectivity index (χ4n) is 6.96. The third-order valence-electron chi connectivity index (χ3n) is 10.7. The molecular formula is C41H84O. The molecule has 0 aromatic carbocycles. The Kier molecular flexibility index (Phi) is 26.2. The monoisotopic (exact) mass is 593 g/mol. The number of hydrogen-bond acceptors (Lipinski definition) is 1. The van der Waals surface area contributed by atoms with Gasteiger partial charge in [-0.3, -0.25) is 0 Å². The van der Waals surface area contributed by atoms with Gasteiger partial charge in [0, 0.05) is 7.11 Å². The largest absolute Gasteiger partial charge is 0.379 e. The number of ether oxygens (including phenoxy) is 1. The van der Waals surface area contributed by atoms with Crippen LogP contribution >= 0.6 is 0 Å². The smallest absolute Gasteiger partial charge is 0.0622 e. The minimum atomic E-state index is 0.0489. The molecule has 0 heterocycles. The van der Waals surface area contributed by atoms with Crippen molar-refractivity contribution in [2.24, 2.45) is 41.4 Å². The zero-order chi connectivity index (χ0) is 31.8. The number of methoxy groups -OCH3 is 1. The highest BCUT2D eigenvalue weighted by Crippen LogP contribution is 2.26. The van der Waals surface area contributed by atoms with Crippen LogP contribution in [-0.2, 0) is 4.74 Å². The molecule has 0 saturated carbocycles. The van der Waals surface area contributed by atoms with E-state index in [-0.39, 0.29) is 5.60 Å². The van der Waals surface area contributed by atoms with E-state index in [2.05, 4.69) is 69.2 Å². The molecule has 0 bridgehead atoms. The van der Waals surface area contributed by atoms with Crippen LogP contribution in [0.5, 0.6) is 0 Å². The molecule has 0 aliphatic carbocycles. The van der Waals surface area contributed by atoms with E-state index >= 15 is 0 Å². The number of unbranched alkanes of at least 4 members (excludes halogenated alkanes) is 1. The molecule has 1 nitrogen and oxygen atoms in total. The van der Waals surface area contributed by atoms with E-state index in [0.717, 1.165) is 41.4 Å². The lowest BCUT2D eigenvalue weighted by molar-refractivity contribution is 0.0127. The van der Waals surface area contributed by atoms with Gasteiger partial charge in [-0.1, -0.05) is 190 Å². The van der Waals surface area contributed by atoms with Crippen molar-refractivity contribution in [2.45, 2.75) is 216 Å².